The minimum atomic E-state index is -0.639. The summed E-state index contributed by atoms with van der Waals surface area (Å²) in [6.07, 6.45) is 0. The van der Waals surface area contributed by atoms with E-state index in [0.717, 1.165) is 0 Å². The third-order valence-corrected chi connectivity index (χ3v) is 3.52. The van der Waals surface area contributed by atoms with Gasteiger partial charge in [-0.15, -0.1) is 0 Å². The van der Waals surface area contributed by atoms with E-state index in [1.54, 1.807) is 30.3 Å². The molecule has 25 heavy (non-hydrogen) atoms. The summed E-state index contributed by atoms with van der Waals surface area (Å²) in [5, 5.41) is 2.58. The summed E-state index contributed by atoms with van der Waals surface area (Å²) in [6.45, 7) is 1.14. The van der Waals surface area contributed by atoms with E-state index in [1.165, 1.54) is 19.1 Å². The number of nitrogens with one attached hydrogen (secondary N) is 1. The Balaban J connectivity index is 1.53. The van der Waals surface area contributed by atoms with E-state index in [1.807, 2.05) is 0 Å². The Labute approximate surface area is 143 Å². The van der Waals surface area contributed by atoms with Crippen molar-refractivity contribution in [2.45, 2.75) is 6.92 Å². The van der Waals surface area contributed by atoms with Gasteiger partial charge in [-0.2, -0.15) is 0 Å². The summed E-state index contributed by atoms with van der Waals surface area (Å²) >= 11 is 0. The fourth-order valence-electron chi connectivity index (χ4n) is 2.22. The van der Waals surface area contributed by atoms with Gasteiger partial charge in [-0.1, -0.05) is 0 Å². The summed E-state index contributed by atoms with van der Waals surface area (Å²) in [7, 11) is 0. The summed E-state index contributed by atoms with van der Waals surface area (Å²) in [6, 6.07) is 11.1. The van der Waals surface area contributed by atoms with Crippen LogP contribution in [0.25, 0.3) is 0 Å². The van der Waals surface area contributed by atoms with E-state index in [2.05, 4.69) is 5.32 Å². The molecule has 3 rings (SSSR count). The third-order valence-electron chi connectivity index (χ3n) is 3.52. The fourth-order valence-corrected chi connectivity index (χ4v) is 2.22. The standard InChI is InChI=1S/C18H15NO6/c1-11(20)12-2-5-14(6-3-12)19-17(21)9-23-18(22)13-4-7-15-16(8-13)25-10-24-15/h2-8H,9-10H2,1H3,(H,19,21). The van der Waals surface area contributed by atoms with E-state index in [9.17, 15) is 14.4 Å². The van der Waals surface area contributed by atoms with E-state index in [-0.39, 0.29) is 18.1 Å². The predicted molar refractivity (Wildman–Crippen MR) is 87.9 cm³/mol. The molecular weight excluding hydrogens is 326 g/mol. The van der Waals surface area contributed by atoms with Crippen molar-refractivity contribution in [3.8, 4) is 11.5 Å². The SMILES string of the molecule is CC(=O)c1ccc(NC(=O)COC(=O)c2ccc3c(c2)OCO3)cc1. The van der Waals surface area contributed by atoms with E-state index >= 15 is 0 Å². The van der Waals surface area contributed by atoms with Crippen LogP contribution in [0.15, 0.2) is 42.5 Å². The molecule has 7 heteroatoms. The molecule has 0 unspecified atom stereocenters. The molecule has 0 aliphatic carbocycles. The van der Waals surface area contributed by atoms with Crippen LogP contribution in [-0.4, -0.2) is 31.1 Å². The normalized spacial score (nSPS) is 11.7. The first-order valence-corrected chi connectivity index (χ1v) is 7.50. The minimum Gasteiger partial charge on any atom is -0.454 e. The number of benzene rings is 2. The van der Waals surface area contributed by atoms with Crippen molar-refractivity contribution in [1.29, 1.82) is 0 Å². The number of anilines is 1. The maximum atomic E-state index is 12.0. The van der Waals surface area contributed by atoms with Crippen LogP contribution in [-0.2, 0) is 9.53 Å². The van der Waals surface area contributed by atoms with Gasteiger partial charge in [0.1, 0.15) is 0 Å². The number of Topliss-reactive ketones (excluding diaryl/α,β-unsaturated/α-hetero) is 1. The largest absolute Gasteiger partial charge is 0.454 e. The Kier molecular flexibility index (Phi) is 4.65. The Hall–Kier alpha value is -3.35. The first-order chi connectivity index (χ1) is 12.0. The van der Waals surface area contributed by atoms with Crippen LogP contribution in [0.4, 0.5) is 5.69 Å². The highest BCUT2D eigenvalue weighted by atomic mass is 16.7. The molecule has 0 fully saturated rings. The van der Waals surface area contributed by atoms with Gasteiger partial charge in [-0.3, -0.25) is 9.59 Å². The number of fused-ring (bicyclic) bond motifs is 1. The van der Waals surface area contributed by atoms with Gasteiger partial charge in [-0.25, -0.2) is 4.79 Å². The molecule has 0 aromatic heterocycles. The van der Waals surface area contributed by atoms with Crippen LogP contribution in [0.3, 0.4) is 0 Å². The number of carbonyl (C=O) groups excluding carboxylic acids is 3. The number of esters is 1. The quantitative estimate of drug-likeness (QED) is 0.663. The van der Waals surface area contributed by atoms with E-state index in [0.29, 0.717) is 22.7 Å². The van der Waals surface area contributed by atoms with E-state index in [4.69, 9.17) is 14.2 Å². The molecule has 2 aromatic rings. The molecule has 2 aromatic carbocycles. The lowest BCUT2D eigenvalue weighted by Gasteiger charge is -2.07. The summed E-state index contributed by atoms with van der Waals surface area (Å²) < 4.78 is 15.3. The van der Waals surface area contributed by atoms with Gasteiger partial charge in [0, 0.05) is 11.3 Å². The smallest absolute Gasteiger partial charge is 0.338 e. The molecule has 1 heterocycles. The average Bonchev–Trinajstić information content (AvgIpc) is 3.07. The highest BCUT2D eigenvalue weighted by Gasteiger charge is 2.17. The molecule has 0 radical (unpaired) electrons. The third kappa shape index (κ3) is 3.95. The van der Waals surface area contributed by atoms with Crippen molar-refractivity contribution in [2.75, 3.05) is 18.7 Å². The van der Waals surface area contributed by atoms with Crippen molar-refractivity contribution in [1.82, 2.24) is 0 Å². The minimum absolute atomic E-state index is 0.0597. The molecule has 0 spiro atoms. The summed E-state index contributed by atoms with van der Waals surface area (Å²) in [5.74, 6) is -0.159. The Morgan fingerprint density at radius 3 is 2.40 bits per heavy atom. The molecule has 1 aliphatic heterocycles. The van der Waals surface area contributed by atoms with Crippen molar-refractivity contribution in [2.24, 2.45) is 0 Å². The number of rotatable bonds is 5. The molecule has 1 aliphatic rings. The second-order valence-corrected chi connectivity index (χ2v) is 5.33. The number of amides is 1. The summed E-state index contributed by atoms with van der Waals surface area (Å²) in [5.41, 5.74) is 1.32. The fraction of sp³-hybridized carbons (Fsp3) is 0.167. The second-order valence-electron chi connectivity index (χ2n) is 5.33. The number of hydrogen-bond acceptors (Lipinski definition) is 6. The van der Waals surface area contributed by atoms with Gasteiger partial charge < -0.3 is 19.5 Å². The number of ketones is 1. The van der Waals surface area contributed by atoms with Gasteiger partial charge in [0.05, 0.1) is 5.56 Å². The Bertz CT molecular complexity index is 828. The first-order valence-electron chi connectivity index (χ1n) is 7.50. The van der Waals surface area contributed by atoms with Crippen LogP contribution in [0.5, 0.6) is 11.5 Å². The molecule has 1 N–H and O–H groups in total. The van der Waals surface area contributed by atoms with Gasteiger partial charge >= 0.3 is 5.97 Å². The van der Waals surface area contributed by atoms with E-state index < -0.39 is 18.5 Å². The molecule has 0 atom stereocenters. The summed E-state index contributed by atoms with van der Waals surface area (Å²) in [4.78, 5) is 35.0. The van der Waals surface area contributed by atoms with Crippen LogP contribution in [0.1, 0.15) is 27.6 Å². The zero-order valence-electron chi connectivity index (χ0n) is 13.4. The lowest BCUT2D eigenvalue weighted by Crippen LogP contribution is -2.20. The highest BCUT2D eigenvalue weighted by molar-refractivity contribution is 5.97. The first kappa shape index (κ1) is 16.5. The molecule has 0 saturated heterocycles. The number of hydrogen-bond donors (Lipinski definition) is 1. The molecule has 0 bridgehead atoms. The van der Waals surface area contributed by atoms with Crippen LogP contribution in [0, 0.1) is 0 Å². The lowest BCUT2D eigenvalue weighted by atomic mass is 10.1. The zero-order chi connectivity index (χ0) is 17.8. The van der Waals surface area contributed by atoms with Gasteiger partial charge in [0.25, 0.3) is 5.91 Å². The topological polar surface area (TPSA) is 90.9 Å². The lowest BCUT2D eigenvalue weighted by molar-refractivity contribution is -0.119. The Morgan fingerprint density at radius 1 is 1.00 bits per heavy atom. The Morgan fingerprint density at radius 2 is 1.68 bits per heavy atom. The van der Waals surface area contributed by atoms with Crippen LogP contribution < -0.4 is 14.8 Å². The van der Waals surface area contributed by atoms with Crippen LogP contribution >= 0.6 is 0 Å². The van der Waals surface area contributed by atoms with Gasteiger partial charge in [0.15, 0.2) is 23.9 Å². The molecule has 0 saturated carbocycles. The van der Waals surface area contributed by atoms with Crippen molar-refractivity contribution in [3.05, 3.63) is 53.6 Å². The average molecular weight is 341 g/mol. The van der Waals surface area contributed by atoms with Crippen LogP contribution in [0.2, 0.25) is 0 Å². The zero-order valence-corrected chi connectivity index (χ0v) is 13.4. The monoisotopic (exact) mass is 341 g/mol. The maximum Gasteiger partial charge on any atom is 0.338 e. The maximum absolute atomic E-state index is 12.0. The van der Waals surface area contributed by atoms with Gasteiger partial charge in [-0.05, 0) is 49.4 Å². The molecule has 128 valence electrons. The van der Waals surface area contributed by atoms with Gasteiger partial charge in [0.2, 0.25) is 6.79 Å². The highest BCUT2D eigenvalue weighted by Crippen LogP contribution is 2.32. The predicted octanol–water partition coefficient (Wildman–Crippen LogP) is 2.41. The van der Waals surface area contributed by atoms with Crippen molar-refractivity contribution in [3.63, 3.8) is 0 Å². The van der Waals surface area contributed by atoms with Crippen molar-refractivity contribution < 1.29 is 28.6 Å². The number of ether oxygens (including phenoxy) is 3. The molecular formula is C18H15NO6. The van der Waals surface area contributed by atoms with Crippen molar-refractivity contribution >= 4 is 23.3 Å². The molecule has 1 amide bonds. The second kappa shape index (κ2) is 7.04. The number of carbonyl (C=O) groups is 3. The molecule has 7 nitrogen and oxygen atoms in total.